The Kier molecular flexibility index (Phi) is 4.47. The number of hydrogen-bond acceptors (Lipinski definition) is 7. The molecule has 2 aliphatic rings. The summed E-state index contributed by atoms with van der Waals surface area (Å²) in [6.45, 7) is 2.76. The van der Waals surface area contributed by atoms with Gasteiger partial charge in [0, 0.05) is 0 Å². The summed E-state index contributed by atoms with van der Waals surface area (Å²) >= 11 is 0. The van der Waals surface area contributed by atoms with Gasteiger partial charge in [-0.3, -0.25) is 0 Å². The van der Waals surface area contributed by atoms with Crippen LogP contribution in [0.3, 0.4) is 0 Å². The Balaban J connectivity index is 1.61. The van der Waals surface area contributed by atoms with Crippen molar-refractivity contribution in [2.45, 2.75) is 5.54 Å². The lowest BCUT2D eigenvalue weighted by atomic mass is 10.0. The molecule has 2 saturated heterocycles. The van der Waals surface area contributed by atoms with Crippen molar-refractivity contribution in [3.05, 3.63) is 0 Å². The molecule has 0 amide bonds. The molecule has 2 heterocycles. The van der Waals surface area contributed by atoms with Crippen LogP contribution in [-0.2, 0) is 23.7 Å². The summed E-state index contributed by atoms with van der Waals surface area (Å²) in [6, 6.07) is 0. The molecular formula is C9H17NO6. The van der Waals surface area contributed by atoms with Gasteiger partial charge in [-0.2, -0.15) is 0 Å². The molecule has 0 bridgehead atoms. The molecule has 0 aromatic carbocycles. The number of hydrogen-bond donors (Lipinski definition) is 1. The van der Waals surface area contributed by atoms with E-state index in [-0.39, 0.29) is 25.9 Å². The predicted octanol–water partition coefficient (Wildman–Crippen LogP) is -1.08. The van der Waals surface area contributed by atoms with Gasteiger partial charge < -0.3 is 28.8 Å². The summed E-state index contributed by atoms with van der Waals surface area (Å²) in [7, 11) is 0. The van der Waals surface area contributed by atoms with Gasteiger partial charge in [0.05, 0.1) is 25.4 Å². The highest BCUT2D eigenvalue weighted by Crippen LogP contribution is 2.28. The smallest absolute Gasteiger partial charge is 0.152 e. The molecule has 7 heteroatoms. The minimum absolute atomic E-state index is 0.0280. The van der Waals surface area contributed by atoms with E-state index in [0.717, 1.165) is 0 Å². The largest absolute Gasteiger partial charge is 0.371 e. The maximum absolute atomic E-state index is 8.33. The Bertz CT molecular complexity index is 204. The van der Waals surface area contributed by atoms with Gasteiger partial charge in [-0.25, -0.2) is 4.90 Å². The fraction of sp³-hybridized carbons (Fsp3) is 1.00. The molecule has 0 spiro atoms. The number of ether oxygens (including phenoxy) is 5. The van der Waals surface area contributed by atoms with Crippen LogP contribution in [-0.4, -0.2) is 69.2 Å². The zero-order chi connectivity index (χ0) is 11.3. The van der Waals surface area contributed by atoms with Crippen molar-refractivity contribution in [2.24, 2.45) is 0 Å². The number of rotatable bonds is 7. The van der Waals surface area contributed by atoms with E-state index < -0.39 is 0 Å². The highest BCUT2D eigenvalue weighted by Gasteiger charge is 2.46. The second-order valence-electron chi connectivity index (χ2n) is 3.84. The van der Waals surface area contributed by atoms with Gasteiger partial charge >= 0.3 is 0 Å². The number of aliphatic hydroxyl groups excluding tert-OH is 1. The van der Waals surface area contributed by atoms with Crippen LogP contribution in [0.4, 0.5) is 0 Å². The summed E-state index contributed by atoms with van der Waals surface area (Å²) in [4.78, 5) is 2.11. The SMILES string of the molecule is OCOCOCOCC12COCN1COC2. The molecule has 2 rings (SSSR count). The fourth-order valence-electron chi connectivity index (χ4n) is 1.82. The fourth-order valence-corrected chi connectivity index (χ4v) is 1.82. The van der Waals surface area contributed by atoms with Crippen LogP contribution >= 0.6 is 0 Å². The first-order valence-corrected chi connectivity index (χ1v) is 5.12. The van der Waals surface area contributed by atoms with Crippen LogP contribution in [0.1, 0.15) is 0 Å². The van der Waals surface area contributed by atoms with E-state index >= 15 is 0 Å². The van der Waals surface area contributed by atoms with Crippen LogP contribution < -0.4 is 0 Å². The highest BCUT2D eigenvalue weighted by molar-refractivity contribution is 4.95. The molecule has 16 heavy (non-hydrogen) atoms. The summed E-state index contributed by atoms with van der Waals surface area (Å²) in [5.41, 5.74) is -0.152. The number of fused-ring (bicyclic) bond motifs is 1. The molecule has 0 atom stereocenters. The summed E-state index contributed by atoms with van der Waals surface area (Å²) in [6.07, 6.45) is 0. The van der Waals surface area contributed by atoms with Gasteiger partial charge in [-0.1, -0.05) is 0 Å². The lowest BCUT2D eigenvalue weighted by Gasteiger charge is -2.26. The maximum atomic E-state index is 8.33. The van der Waals surface area contributed by atoms with E-state index in [1.807, 2.05) is 0 Å². The standard InChI is InChI=1S/C9H17NO6/c11-6-15-8-16-7-14-3-9-1-12-4-10(9)5-13-2-9/h11H,1-8H2. The highest BCUT2D eigenvalue weighted by atomic mass is 16.8. The van der Waals surface area contributed by atoms with Gasteiger partial charge in [0.25, 0.3) is 0 Å². The molecule has 0 aromatic rings. The van der Waals surface area contributed by atoms with E-state index in [9.17, 15) is 0 Å². The van der Waals surface area contributed by atoms with Gasteiger partial charge in [-0.15, -0.1) is 0 Å². The van der Waals surface area contributed by atoms with Gasteiger partial charge in [0.15, 0.2) is 6.79 Å². The maximum Gasteiger partial charge on any atom is 0.152 e. The predicted molar refractivity (Wildman–Crippen MR) is 51.1 cm³/mol. The summed E-state index contributed by atoms with van der Waals surface area (Å²) in [5.74, 6) is 0. The van der Waals surface area contributed by atoms with E-state index in [2.05, 4.69) is 9.64 Å². The minimum Gasteiger partial charge on any atom is -0.371 e. The summed E-state index contributed by atoms with van der Waals surface area (Å²) < 4.78 is 25.7. The molecule has 2 aliphatic heterocycles. The summed E-state index contributed by atoms with van der Waals surface area (Å²) in [5, 5.41) is 8.33. The lowest BCUT2D eigenvalue weighted by Crippen LogP contribution is -2.47. The van der Waals surface area contributed by atoms with Crippen molar-refractivity contribution >= 4 is 0 Å². The van der Waals surface area contributed by atoms with E-state index in [1.165, 1.54) is 0 Å². The average Bonchev–Trinajstić information content (AvgIpc) is 2.82. The van der Waals surface area contributed by atoms with Crippen LogP contribution in [0.25, 0.3) is 0 Å². The Morgan fingerprint density at radius 2 is 1.75 bits per heavy atom. The Hall–Kier alpha value is -0.280. The third-order valence-electron chi connectivity index (χ3n) is 2.70. The second-order valence-corrected chi connectivity index (χ2v) is 3.84. The molecule has 0 radical (unpaired) electrons. The Morgan fingerprint density at radius 3 is 2.44 bits per heavy atom. The molecule has 1 N–H and O–H groups in total. The Labute approximate surface area is 93.8 Å². The minimum atomic E-state index is -0.348. The molecule has 94 valence electrons. The van der Waals surface area contributed by atoms with Crippen molar-refractivity contribution in [3.63, 3.8) is 0 Å². The first-order chi connectivity index (χ1) is 7.87. The van der Waals surface area contributed by atoms with E-state index in [0.29, 0.717) is 33.3 Å². The number of aliphatic hydroxyl groups is 1. The second kappa shape index (κ2) is 5.87. The number of nitrogens with zero attached hydrogens (tertiary/aromatic N) is 1. The van der Waals surface area contributed by atoms with Gasteiger partial charge in [0.2, 0.25) is 0 Å². The molecule has 0 aliphatic carbocycles. The van der Waals surface area contributed by atoms with Crippen molar-refractivity contribution in [3.8, 4) is 0 Å². The Morgan fingerprint density at radius 1 is 1.06 bits per heavy atom. The molecule has 0 aromatic heterocycles. The van der Waals surface area contributed by atoms with Crippen LogP contribution in [0, 0.1) is 0 Å². The molecule has 2 fully saturated rings. The van der Waals surface area contributed by atoms with Gasteiger partial charge in [-0.05, 0) is 0 Å². The monoisotopic (exact) mass is 235 g/mol. The molecule has 0 saturated carbocycles. The first-order valence-electron chi connectivity index (χ1n) is 5.12. The lowest BCUT2D eigenvalue weighted by molar-refractivity contribution is -0.164. The molecule has 7 nitrogen and oxygen atoms in total. The van der Waals surface area contributed by atoms with Gasteiger partial charge in [0.1, 0.15) is 27.0 Å². The van der Waals surface area contributed by atoms with Crippen LogP contribution in [0.2, 0.25) is 0 Å². The quantitative estimate of drug-likeness (QED) is 0.444. The van der Waals surface area contributed by atoms with Crippen molar-refractivity contribution in [2.75, 3.05) is 53.7 Å². The first kappa shape index (κ1) is 12.2. The normalized spacial score (nSPS) is 23.8. The van der Waals surface area contributed by atoms with E-state index in [1.54, 1.807) is 0 Å². The topological polar surface area (TPSA) is 69.6 Å². The molecule has 0 unspecified atom stereocenters. The zero-order valence-electron chi connectivity index (χ0n) is 9.09. The molecular weight excluding hydrogens is 218 g/mol. The van der Waals surface area contributed by atoms with Crippen LogP contribution in [0.5, 0.6) is 0 Å². The van der Waals surface area contributed by atoms with Crippen molar-refractivity contribution in [1.29, 1.82) is 0 Å². The zero-order valence-corrected chi connectivity index (χ0v) is 9.09. The van der Waals surface area contributed by atoms with Crippen LogP contribution in [0.15, 0.2) is 0 Å². The third-order valence-corrected chi connectivity index (χ3v) is 2.70. The third kappa shape index (κ3) is 2.69. The van der Waals surface area contributed by atoms with Crippen molar-refractivity contribution in [1.82, 2.24) is 4.90 Å². The average molecular weight is 235 g/mol. The van der Waals surface area contributed by atoms with E-state index in [4.69, 9.17) is 24.1 Å². The van der Waals surface area contributed by atoms with Crippen molar-refractivity contribution < 1.29 is 28.8 Å².